The molecule has 1 saturated heterocycles. The fourth-order valence-electron chi connectivity index (χ4n) is 2.94. The van der Waals surface area contributed by atoms with E-state index in [-0.39, 0.29) is 0 Å². The highest BCUT2D eigenvalue weighted by Crippen LogP contribution is 2.31. The molecule has 108 valence electrons. The van der Waals surface area contributed by atoms with Gasteiger partial charge in [-0.3, -0.25) is 4.90 Å². The van der Waals surface area contributed by atoms with Crippen LogP contribution in [0.3, 0.4) is 0 Å². The molecule has 1 N–H and O–H groups in total. The van der Waals surface area contributed by atoms with E-state index in [4.69, 9.17) is 9.47 Å². The van der Waals surface area contributed by atoms with Crippen LogP contribution >= 0.6 is 0 Å². The summed E-state index contributed by atoms with van der Waals surface area (Å²) >= 11 is 0. The molecule has 0 aliphatic carbocycles. The molecule has 0 aromatic rings. The lowest BCUT2D eigenvalue weighted by atomic mass is 9.82. The lowest BCUT2D eigenvalue weighted by Gasteiger charge is -2.34. The average molecular weight is 258 g/mol. The quantitative estimate of drug-likeness (QED) is 0.641. The van der Waals surface area contributed by atoms with Crippen molar-refractivity contribution in [3.63, 3.8) is 0 Å². The number of hydrogen-bond donors (Lipinski definition) is 1. The van der Waals surface area contributed by atoms with Crippen LogP contribution in [0.25, 0.3) is 0 Å². The molecule has 0 saturated carbocycles. The Balaban J connectivity index is 2.49. The van der Waals surface area contributed by atoms with E-state index < -0.39 is 0 Å². The molecule has 18 heavy (non-hydrogen) atoms. The van der Waals surface area contributed by atoms with E-state index in [2.05, 4.69) is 17.1 Å². The molecule has 4 heteroatoms. The normalized spacial score (nSPS) is 24.0. The first-order chi connectivity index (χ1) is 8.76. The summed E-state index contributed by atoms with van der Waals surface area (Å²) in [4.78, 5) is 2.50. The minimum atomic E-state index is 0.468. The third-order valence-corrected chi connectivity index (χ3v) is 3.89. The van der Waals surface area contributed by atoms with Crippen LogP contribution in [-0.4, -0.2) is 65.1 Å². The van der Waals surface area contributed by atoms with Gasteiger partial charge in [0.2, 0.25) is 0 Å². The van der Waals surface area contributed by atoms with Gasteiger partial charge < -0.3 is 14.8 Å². The largest absolute Gasteiger partial charge is 0.383 e. The first-order valence-electron chi connectivity index (χ1n) is 7.17. The van der Waals surface area contributed by atoms with Crippen molar-refractivity contribution in [1.82, 2.24) is 10.2 Å². The van der Waals surface area contributed by atoms with Crippen molar-refractivity contribution in [1.29, 1.82) is 0 Å². The zero-order valence-corrected chi connectivity index (χ0v) is 12.3. The van der Waals surface area contributed by atoms with Gasteiger partial charge in [-0.15, -0.1) is 0 Å². The van der Waals surface area contributed by atoms with Crippen molar-refractivity contribution >= 4 is 0 Å². The molecule has 0 aromatic carbocycles. The van der Waals surface area contributed by atoms with Crippen LogP contribution in [0.2, 0.25) is 0 Å². The maximum absolute atomic E-state index is 5.21. The third kappa shape index (κ3) is 5.22. The van der Waals surface area contributed by atoms with Gasteiger partial charge in [-0.2, -0.15) is 0 Å². The van der Waals surface area contributed by atoms with E-state index in [1.807, 2.05) is 0 Å². The molecule has 1 unspecified atom stereocenters. The Hall–Kier alpha value is -0.160. The number of methoxy groups -OCH3 is 2. The molecule has 1 aliphatic heterocycles. The molecule has 1 heterocycles. The van der Waals surface area contributed by atoms with Crippen molar-refractivity contribution in [2.45, 2.75) is 26.2 Å². The minimum absolute atomic E-state index is 0.468. The summed E-state index contributed by atoms with van der Waals surface area (Å²) < 4.78 is 10.4. The molecule has 1 aliphatic rings. The molecule has 1 atom stereocenters. The molecule has 0 radical (unpaired) electrons. The summed E-state index contributed by atoms with van der Waals surface area (Å²) in [6.07, 6.45) is 3.89. The number of nitrogens with one attached hydrogen (secondary N) is 1. The Morgan fingerprint density at radius 1 is 1.17 bits per heavy atom. The molecule has 0 aromatic heterocycles. The minimum Gasteiger partial charge on any atom is -0.383 e. The molecule has 1 rings (SSSR count). The van der Waals surface area contributed by atoms with Gasteiger partial charge in [0.1, 0.15) is 0 Å². The molecule has 0 amide bonds. The van der Waals surface area contributed by atoms with Crippen LogP contribution in [0.1, 0.15) is 26.2 Å². The Morgan fingerprint density at radius 3 is 2.28 bits per heavy atom. The molecule has 1 fully saturated rings. The van der Waals surface area contributed by atoms with Gasteiger partial charge >= 0.3 is 0 Å². The maximum atomic E-state index is 5.21. The predicted molar refractivity (Wildman–Crippen MR) is 75.0 cm³/mol. The highest BCUT2D eigenvalue weighted by Gasteiger charge is 2.34. The lowest BCUT2D eigenvalue weighted by Crippen LogP contribution is -2.42. The maximum Gasteiger partial charge on any atom is 0.0589 e. The van der Waals surface area contributed by atoms with E-state index in [0.717, 1.165) is 32.8 Å². The standard InChI is InChI=1S/C14H30N2O2/c1-4-5-14(6-7-15-12-14)13-16(8-10-17-2)9-11-18-3/h15H,4-13H2,1-3H3. The Labute approximate surface area is 112 Å². The summed E-state index contributed by atoms with van der Waals surface area (Å²) in [6, 6.07) is 0. The van der Waals surface area contributed by atoms with Crippen LogP contribution in [0.4, 0.5) is 0 Å². The van der Waals surface area contributed by atoms with Crippen LogP contribution in [0.15, 0.2) is 0 Å². The van der Waals surface area contributed by atoms with Crippen molar-refractivity contribution < 1.29 is 9.47 Å². The summed E-state index contributed by atoms with van der Waals surface area (Å²) in [6.45, 7) is 9.41. The zero-order valence-electron chi connectivity index (χ0n) is 12.3. The van der Waals surface area contributed by atoms with Crippen molar-refractivity contribution in [2.75, 3.05) is 60.2 Å². The van der Waals surface area contributed by atoms with E-state index in [9.17, 15) is 0 Å². The SMILES string of the molecule is CCCC1(CN(CCOC)CCOC)CCNC1. The second-order valence-electron chi connectivity index (χ2n) is 5.44. The molecular formula is C14H30N2O2. The number of hydrogen-bond acceptors (Lipinski definition) is 4. The van der Waals surface area contributed by atoms with Gasteiger partial charge in [0.05, 0.1) is 13.2 Å². The number of ether oxygens (including phenoxy) is 2. The van der Waals surface area contributed by atoms with E-state index in [0.29, 0.717) is 5.41 Å². The Bertz CT molecular complexity index is 198. The predicted octanol–water partition coefficient (Wildman–Crippen LogP) is 1.36. The van der Waals surface area contributed by atoms with Crippen LogP contribution in [-0.2, 0) is 9.47 Å². The first-order valence-corrected chi connectivity index (χ1v) is 7.17. The fraction of sp³-hybridized carbons (Fsp3) is 1.00. The second kappa shape index (κ2) is 8.86. The van der Waals surface area contributed by atoms with Gasteiger partial charge in [-0.05, 0) is 24.8 Å². The lowest BCUT2D eigenvalue weighted by molar-refractivity contribution is 0.0808. The van der Waals surface area contributed by atoms with Gasteiger partial charge in [0.15, 0.2) is 0 Å². The molecule has 4 nitrogen and oxygen atoms in total. The summed E-state index contributed by atoms with van der Waals surface area (Å²) in [5.74, 6) is 0. The van der Waals surface area contributed by atoms with E-state index in [1.54, 1.807) is 14.2 Å². The van der Waals surface area contributed by atoms with Gasteiger partial charge in [0, 0.05) is 40.4 Å². The number of nitrogens with zero attached hydrogens (tertiary/aromatic N) is 1. The number of rotatable bonds is 10. The first kappa shape index (κ1) is 15.9. The monoisotopic (exact) mass is 258 g/mol. The third-order valence-electron chi connectivity index (χ3n) is 3.89. The highest BCUT2D eigenvalue weighted by molar-refractivity contribution is 4.90. The van der Waals surface area contributed by atoms with Crippen LogP contribution < -0.4 is 5.32 Å². The van der Waals surface area contributed by atoms with Gasteiger partial charge in [0.25, 0.3) is 0 Å². The zero-order chi connectivity index (χ0) is 13.3. The van der Waals surface area contributed by atoms with Gasteiger partial charge in [-0.1, -0.05) is 13.3 Å². The summed E-state index contributed by atoms with van der Waals surface area (Å²) in [5, 5.41) is 3.53. The molecule has 0 bridgehead atoms. The summed E-state index contributed by atoms with van der Waals surface area (Å²) in [5.41, 5.74) is 0.468. The van der Waals surface area contributed by atoms with Crippen molar-refractivity contribution in [3.8, 4) is 0 Å². The highest BCUT2D eigenvalue weighted by atomic mass is 16.5. The van der Waals surface area contributed by atoms with Crippen molar-refractivity contribution in [3.05, 3.63) is 0 Å². The topological polar surface area (TPSA) is 33.7 Å². The molecular weight excluding hydrogens is 228 g/mol. The van der Waals surface area contributed by atoms with Crippen LogP contribution in [0.5, 0.6) is 0 Å². The summed E-state index contributed by atoms with van der Waals surface area (Å²) in [7, 11) is 3.54. The van der Waals surface area contributed by atoms with Crippen molar-refractivity contribution in [2.24, 2.45) is 5.41 Å². The van der Waals surface area contributed by atoms with Gasteiger partial charge in [-0.25, -0.2) is 0 Å². The second-order valence-corrected chi connectivity index (χ2v) is 5.44. The Morgan fingerprint density at radius 2 is 1.83 bits per heavy atom. The Kier molecular flexibility index (Phi) is 7.82. The smallest absolute Gasteiger partial charge is 0.0589 e. The van der Waals surface area contributed by atoms with E-state index in [1.165, 1.54) is 32.4 Å². The fourth-order valence-corrected chi connectivity index (χ4v) is 2.94. The average Bonchev–Trinajstić information content (AvgIpc) is 2.82. The van der Waals surface area contributed by atoms with Crippen LogP contribution in [0, 0.1) is 5.41 Å². The van der Waals surface area contributed by atoms with E-state index >= 15 is 0 Å². The molecule has 0 spiro atoms.